The largest absolute Gasteiger partial charge is 0.352 e. The number of aromatic nitrogens is 1. The number of carbonyl (C=O) groups is 1. The molecule has 1 aliphatic rings. The zero-order chi connectivity index (χ0) is 11.2. The molecule has 0 aromatic carbocycles. The van der Waals surface area contributed by atoms with Crippen molar-refractivity contribution < 1.29 is 4.79 Å². The minimum absolute atomic E-state index is 0.192. The van der Waals surface area contributed by atoms with Gasteiger partial charge in [0.2, 0.25) is 5.91 Å². The van der Waals surface area contributed by atoms with Crippen LogP contribution < -0.4 is 5.32 Å². The standard InChI is InChI=1S/C11H17N3OS/c15-10(9-13-11-12-5-8-16-11)14-6-3-1-2-4-7-14/h5,8H,1-4,6-7,9H2,(H,12,13). The van der Waals surface area contributed by atoms with Crippen molar-refractivity contribution in [3.63, 3.8) is 0 Å². The van der Waals surface area contributed by atoms with Crippen molar-refractivity contribution in [2.24, 2.45) is 0 Å². The van der Waals surface area contributed by atoms with Crippen molar-refractivity contribution in [1.82, 2.24) is 9.88 Å². The summed E-state index contributed by atoms with van der Waals surface area (Å²) in [5, 5.41) is 5.78. The van der Waals surface area contributed by atoms with Gasteiger partial charge in [0.1, 0.15) is 0 Å². The van der Waals surface area contributed by atoms with Crippen LogP contribution in [-0.2, 0) is 4.79 Å². The fraction of sp³-hybridized carbons (Fsp3) is 0.636. The van der Waals surface area contributed by atoms with Crippen LogP contribution in [-0.4, -0.2) is 35.4 Å². The molecule has 1 amide bonds. The molecule has 1 aromatic rings. The molecule has 1 N–H and O–H groups in total. The SMILES string of the molecule is O=C(CNc1nccs1)N1CCCCCC1. The molecular weight excluding hydrogens is 222 g/mol. The van der Waals surface area contributed by atoms with Gasteiger partial charge in [-0.25, -0.2) is 4.98 Å². The van der Waals surface area contributed by atoms with E-state index < -0.39 is 0 Å². The van der Waals surface area contributed by atoms with Crippen LogP contribution in [0.5, 0.6) is 0 Å². The first-order valence-electron chi connectivity index (χ1n) is 5.77. The summed E-state index contributed by atoms with van der Waals surface area (Å²) >= 11 is 1.52. The predicted octanol–water partition coefficient (Wildman–Crippen LogP) is 1.96. The maximum absolute atomic E-state index is 11.9. The Hall–Kier alpha value is -1.10. The van der Waals surface area contributed by atoms with Gasteiger partial charge in [-0.3, -0.25) is 4.79 Å². The van der Waals surface area contributed by atoms with Crippen LogP contribution in [0.15, 0.2) is 11.6 Å². The Bertz CT molecular complexity index is 318. The van der Waals surface area contributed by atoms with E-state index in [1.165, 1.54) is 24.2 Å². The van der Waals surface area contributed by atoms with Gasteiger partial charge in [0.15, 0.2) is 5.13 Å². The van der Waals surface area contributed by atoms with Crippen LogP contribution in [0, 0.1) is 0 Å². The van der Waals surface area contributed by atoms with Crippen LogP contribution in [0.2, 0.25) is 0 Å². The summed E-state index contributed by atoms with van der Waals surface area (Å²) in [7, 11) is 0. The van der Waals surface area contributed by atoms with E-state index in [-0.39, 0.29) is 5.91 Å². The van der Waals surface area contributed by atoms with Gasteiger partial charge in [0.25, 0.3) is 0 Å². The number of hydrogen-bond acceptors (Lipinski definition) is 4. The molecule has 0 aliphatic carbocycles. The topological polar surface area (TPSA) is 45.2 Å². The molecule has 4 nitrogen and oxygen atoms in total. The van der Waals surface area contributed by atoms with Gasteiger partial charge in [-0.05, 0) is 12.8 Å². The molecule has 0 spiro atoms. The Labute approximate surface area is 99.7 Å². The molecule has 0 atom stereocenters. The number of nitrogens with one attached hydrogen (secondary N) is 1. The van der Waals surface area contributed by atoms with Crippen molar-refractivity contribution in [2.45, 2.75) is 25.7 Å². The highest BCUT2D eigenvalue weighted by Crippen LogP contribution is 2.12. The van der Waals surface area contributed by atoms with Gasteiger partial charge in [0, 0.05) is 24.7 Å². The normalized spacial score (nSPS) is 16.9. The Morgan fingerprint density at radius 3 is 2.75 bits per heavy atom. The van der Waals surface area contributed by atoms with E-state index in [2.05, 4.69) is 10.3 Å². The number of hydrogen-bond donors (Lipinski definition) is 1. The van der Waals surface area contributed by atoms with Crippen LogP contribution >= 0.6 is 11.3 Å². The predicted molar refractivity (Wildman–Crippen MR) is 65.7 cm³/mol. The lowest BCUT2D eigenvalue weighted by atomic mass is 10.2. The second kappa shape index (κ2) is 5.84. The fourth-order valence-corrected chi connectivity index (χ4v) is 2.42. The molecule has 5 heteroatoms. The minimum Gasteiger partial charge on any atom is -0.352 e. The first-order valence-corrected chi connectivity index (χ1v) is 6.65. The summed E-state index contributed by atoms with van der Waals surface area (Å²) in [6, 6.07) is 0. The molecular formula is C11H17N3OS. The third-order valence-electron chi connectivity index (χ3n) is 2.78. The molecule has 0 unspecified atom stereocenters. The number of anilines is 1. The van der Waals surface area contributed by atoms with Gasteiger partial charge in [-0.15, -0.1) is 11.3 Å². The van der Waals surface area contributed by atoms with Crippen LogP contribution in [0.3, 0.4) is 0 Å². The van der Waals surface area contributed by atoms with Crippen molar-refractivity contribution in [1.29, 1.82) is 0 Å². The maximum atomic E-state index is 11.9. The molecule has 16 heavy (non-hydrogen) atoms. The highest BCUT2D eigenvalue weighted by molar-refractivity contribution is 7.13. The number of rotatable bonds is 3. The Morgan fingerprint density at radius 2 is 2.12 bits per heavy atom. The third kappa shape index (κ3) is 3.20. The Balaban J connectivity index is 1.78. The molecule has 88 valence electrons. The third-order valence-corrected chi connectivity index (χ3v) is 3.51. The molecule has 2 heterocycles. The quantitative estimate of drug-likeness (QED) is 0.877. The maximum Gasteiger partial charge on any atom is 0.241 e. The van der Waals surface area contributed by atoms with Crippen molar-refractivity contribution in [3.05, 3.63) is 11.6 Å². The van der Waals surface area contributed by atoms with Crippen LogP contribution in [0.4, 0.5) is 5.13 Å². The van der Waals surface area contributed by atoms with Gasteiger partial charge in [-0.2, -0.15) is 0 Å². The molecule has 1 aromatic heterocycles. The highest BCUT2D eigenvalue weighted by atomic mass is 32.1. The van der Waals surface area contributed by atoms with Crippen molar-refractivity contribution in [3.8, 4) is 0 Å². The van der Waals surface area contributed by atoms with Crippen molar-refractivity contribution >= 4 is 22.4 Å². The van der Waals surface area contributed by atoms with Gasteiger partial charge >= 0.3 is 0 Å². The molecule has 1 saturated heterocycles. The number of carbonyl (C=O) groups excluding carboxylic acids is 1. The summed E-state index contributed by atoms with van der Waals surface area (Å²) in [5.74, 6) is 0.192. The summed E-state index contributed by atoms with van der Waals surface area (Å²) < 4.78 is 0. The van der Waals surface area contributed by atoms with Gasteiger partial charge < -0.3 is 10.2 Å². The van der Waals surface area contributed by atoms with E-state index in [1.807, 2.05) is 10.3 Å². The van der Waals surface area contributed by atoms with E-state index in [4.69, 9.17) is 0 Å². The Kier molecular flexibility index (Phi) is 4.16. The van der Waals surface area contributed by atoms with Crippen LogP contribution in [0.25, 0.3) is 0 Å². The Morgan fingerprint density at radius 1 is 1.38 bits per heavy atom. The molecule has 1 aliphatic heterocycles. The lowest BCUT2D eigenvalue weighted by molar-refractivity contribution is -0.129. The highest BCUT2D eigenvalue weighted by Gasteiger charge is 2.14. The molecule has 1 fully saturated rings. The monoisotopic (exact) mass is 239 g/mol. The zero-order valence-corrected chi connectivity index (χ0v) is 10.1. The number of nitrogens with zero attached hydrogens (tertiary/aromatic N) is 2. The number of likely N-dealkylation sites (tertiary alicyclic amines) is 1. The second-order valence-corrected chi connectivity index (χ2v) is 4.88. The molecule has 0 radical (unpaired) electrons. The van der Waals surface area contributed by atoms with E-state index in [1.54, 1.807) is 6.20 Å². The van der Waals surface area contributed by atoms with E-state index in [0.717, 1.165) is 31.1 Å². The average molecular weight is 239 g/mol. The summed E-state index contributed by atoms with van der Waals surface area (Å²) in [4.78, 5) is 17.9. The second-order valence-electron chi connectivity index (χ2n) is 3.99. The van der Waals surface area contributed by atoms with E-state index in [9.17, 15) is 4.79 Å². The first-order chi connectivity index (χ1) is 7.86. The number of thiazole rings is 1. The van der Waals surface area contributed by atoms with Crippen LogP contribution in [0.1, 0.15) is 25.7 Å². The van der Waals surface area contributed by atoms with Crippen molar-refractivity contribution in [2.75, 3.05) is 25.0 Å². The lowest BCUT2D eigenvalue weighted by Gasteiger charge is -2.20. The number of amides is 1. The average Bonchev–Trinajstić information content (AvgIpc) is 2.66. The van der Waals surface area contributed by atoms with Gasteiger partial charge in [0.05, 0.1) is 6.54 Å². The molecule has 0 saturated carbocycles. The zero-order valence-electron chi connectivity index (χ0n) is 9.32. The molecule has 0 bridgehead atoms. The lowest BCUT2D eigenvalue weighted by Crippen LogP contribution is -2.36. The summed E-state index contributed by atoms with van der Waals surface area (Å²) in [6.45, 7) is 2.20. The van der Waals surface area contributed by atoms with E-state index in [0.29, 0.717) is 6.54 Å². The fourth-order valence-electron chi connectivity index (χ4n) is 1.89. The smallest absolute Gasteiger partial charge is 0.241 e. The molecule has 2 rings (SSSR count). The van der Waals surface area contributed by atoms with Gasteiger partial charge in [-0.1, -0.05) is 12.8 Å². The minimum atomic E-state index is 0.192. The summed E-state index contributed by atoms with van der Waals surface area (Å²) in [6.07, 6.45) is 6.53. The summed E-state index contributed by atoms with van der Waals surface area (Å²) in [5.41, 5.74) is 0. The van der Waals surface area contributed by atoms with E-state index >= 15 is 0 Å². The first kappa shape index (κ1) is 11.4.